The second kappa shape index (κ2) is 6.00. The Bertz CT molecular complexity index is 715. The lowest BCUT2D eigenvalue weighted by Gasteiger charge is -2.34. The zero-order valence-electron chi connectivity index (χ0n) is 14.1. The Morgan fingerprint density at radius 3 is 2.43 bits per heavy atom. The molecular formula is C23H26. The summed E-state index contributed by atoms with van der Waals surface area (Å²) in [6, 6.07) is 17.6. The average molecular weight is 302 g/mol. The number of fused-ring (bicyclic) bond motifs is 1. The fourth-order valence-corrected chi connectivity index (χ4v) is 4.55. The lowest BCUT2D eigenvalue weighted by Crippen LogP contribution is -2.20. The molecule has 0 nitrogen and oxygen atoms in total. The highest BCUT2D eigenvalue weighted by Gasteiger charge is 2.29. The van der Waals surface area contributed by atoms with Crippen LogP contribution in [-0.2, 0) is 6.42 Å². The van der Waals surface area contributed by atoms with E-state index in [1.807, 2.05) is 0 Å². The molecule has 0 aliphatic heterocycles. The highest BCUT2D eigenvalue weighted by molar-refractivity contribution is 5.80. The molecule has 23 heavy (non-hydrogen) atoms. The van der Waals surface area contributed by atoms with Crippen LogP contribution in [0.25, 0.3) is 17.2 Å². The van der Waals surface area contributed by atoms with Crippen LogP contribution in [0.4, 0.5) is 0 Å². The van der Waals surface area contributed by atoms with E-state index in [2.05, 4.69) is 61.5 Å². The summed E-state index contributed by atoms with van der Waals surface area (Å²) in [6.45, 7) is 2.51. The van der Waals surface area contributed by atoms with Crippen LogP contribution < -0.4 is 0 Å². The van der Waals surface area contributed by atoms with E-state index in [0.717, 1.165) is 6.42 Å². The Morgan fingerprint density at radius 2 is 1.65 bits per heavy atom. The van der Waals surface area contributed by atoms with Gasteiger partial charge in [-0.15, -0.1) is 0 Å². The molecule has 0 atom stereocenters. The normalized spacial score (nSPS) is 19.3. The van der Waals surface area contributed by atoms with Crippen molar-refractivity contribution in [2.24, 2.45) is 5.41 Å². The fourth-order valence-electron chi connectivity index (χ4n) is 4.55. The first-order chi connectivity index (χ1) is 11.2. The minimum Gasteiger partial charge on any atom is -0.0646 e. The first-order valence-electron chi connectivity index (χ1n) is 9.10. The molecule has 2 aliphatic carbocycles. The summed E-state index contributed by atoms with van der Waals surface area (Å²) in [6.07, 6.45) is 12.0. The van der Waals surface area contributed by atoms with Gasteiger partial charge < -0.3 is 0 Å². The van der Waals surface area contributed by atoms with Crippen molar-refractivity contribution in [3.8, 4) is 11.1 Å². The second-order valence-corrected chi connectivity index (χ2v) is 7.77. The molecule has 2 aromatic rings. The summed E-state index contributed by atoms with van der Waals surface area (Å²) in [7, 11) is 0. The first-order valence-corrected chi connectivity index (χ1v) is 9.10. The summed E-state index contributed by atoms with van der Waals surface area (Å²) in [5.41, 5.74) is 7.90. The lowest BCUT2D eigenvalue weighted by molar-refractivity contribution is 0.214. The summed E-state index contributed by atoms with van der Waals surface area (Å²) in [5, 5.41) is 0. The molecule has 0 amide bonds. The molecule has 0 spiro atoms. The average Bonchev–Trinajstić information content (AvgIpc) is 2.97. The standard InChI is InChI=1S/C23H26/c1-23(13-6-3-7-14-23)17-18-15-20-11-8-12-21(22(20)16-18)19-9-4-2-5-10-19/h2,4-5,8-12,16H,3,6-7,13-15,17H2,1H3. The number of rotatable bonds is 3. The van der Waals surface area contributed by atoms with E-state index in [-0.39, 0.29) is 0 Å². The van der Waals surface area contributed by atoms with Crippen molar-refractivity contribution < 1.29 is 0 Å². The van der Waals surface area contributed by atoms with Gasteiger partial charge in [0.25, 0.3) is 0 Å². The highest BCUT2D eigenvalue weighted by atomic mass is 14.3. The van der Waals surface area contributed by atoms with Crippen LogP contribution in [0.1, 0.15) is 56.6 Å². The molecule has 0 heterocycles. The monoisotopic (exact) mass is 302 g/mol. The van der Waals surface area contributed by atoms with Gasteiger partial charge in [-0.2, -0.15) is 0 Å². The second-order valence-electron chi connectivity index (χ2n) is 7.77. The van der Waals surface area contributed by atoms with Gasteiger partial charge in [0.1, 0.15) is 0 Å². The van der Waals surface area contributed by atoms with Crippen LogP contribution in [0, 0.1) is 5.41 Å². The van der Waals surface area contributed by atoms with E-state index in [9.17, 15) is 0 Å². The topological polar surface area (TPSA) is 0 Å². The Morgan fingerprint density at radius 1 is 0.870 bits per heavy atom. The van der Waals surface area contributed by atoms with Crippen molar-refractivity contribution in [3.05, 3.63) is 65.2 Å². The summed E-state index contributed by atoms with van der Waals surface area (Å²) in [5.74, 6) is 0. The van der Waals surface area contributed by atoms with Gasteiger partial charge in [0.15, 0.2) is 0 Å². The third kappa shape index (κ3) is 3.00. The van der Waals surface area contributed by atoms with Crippen molar-refractivity contribution >= 4 is 6.08 Å². The summed E-state index contributed by atoms with van der Waals surface area (Å²) < 4.78 is 0. The predicted molar refractivity (Wildman–Crippen MR) is 99.4 cm³/mol. The number of benzene rings is 2. The maximum Gasteiger partial charge on any atom is -0.00574 e. The van der Waals surface area contributed by atoms with Crippen molar-refractivity contribution in [2.45, 2.75) is 51.9 Å². The van der Waals surface area contributed by atoms with Crippen LogP contribution in [-0.4, -0.2) is 0 Å². The van der Waals surface area contributed by atoms with Gasteiger partial charge >= 0.3 is 0 Å². The van der Waals surface area contributed by atoms with Crippen molar-refractivity contribution in [1.82, 2.24) is 0 Å². The van der Waals surface area contributed by atoms with Crippen LogP contribution in [0.15, 0.2) is 54.1 Å². The Kier molecular flexibility index (Phi) is 3.85. The molecule has 118 valence electrons. The van der Waals surface area contributed by atoms with Gasteiger partial charge in [0, 0.05) is 0 Å². The minimum atomic E-state index is 0.541. The predicted octanol–water partition coefficient (Wildman–Crippen LogP) is 6.65. The highest BCUT2D eigenvalue weighted by Crippen LogP contribution is 2.44. The molecular weight excluding hydrogens is 276 g/mol. The summed E-state index contributed by atoms with van der Waals surface area (Å²) in [4.78, 5) is 0. The molecule has 1 fully saturated rings. The maximum absolute atomic E-state index is 2.51. The Labute approximate surface area is 140 Å². The van der Waals surface area contributed by atoms with E-state index in [1.165, 1.54) is 60.8 Å². The molecule has 0 aromatic heterocycles. The van der Waals surface area contributed by atoms with Gasteiger partial charge in [-0.05, 0) is 53.4 Å². The first kappa shape index (κ1) is 14.8. The van der Waals surface area contributed by atoms with Gasteiger partial charge in [-0.25, -0.2) is 0 Å². The molecule has 0 bridgehead atoms. The molecule has 0 heteroatoms. The molecule has 0 N–H and O–H groups in total. The Hall–Kier alpha value is -1.82. The van der Waals surface area contributed by atoms with E-state index in [1.54, 1.807) is 5.57 Å². The third-order valence-corrected chi connectivity index (χ3v) is 5.76. The van der Waals surface area contributed by atoms with Crippen LogP contribution in [0.3, 0.4) is 0 Å². The van der Waals surface area contributed by atoms with E-state index < -0.39 is 0 Å². The SMILES string of the molecule is CC1(CC2=Cc3c(cccc3-c3ccccc3)C2)CCCCC1. The zero-order chi connectivity index (χ0) is 15.7. The number of hydrogen-bond donors (Lipinski definition) is 0. The van der Waals surface area contributed by atoms with Gasteiger partial charge in [-0.1, -0.05) is 86.4 Å². The van der Waals surface area contributed by atoms with E-state index >= 15 is 0 Å². The van der Waals surface area contributed by atoms with Crippen molar-refractivity contribution in [1.29, 1.82) is 0 Å². The minimum absolute atomic E-state index is 0.541. The van der Waals surface area contributed by atoms with Gasteiger partial charge in [-0.3, -0.25) is 0 Å². The fraction of sp³-hybridized carbons (Fsp3) is 0.391. The van der Waals surface area contributed by atoms with E-state index in [0.29, 0.717) is 5.41 Å². The summed E-state index contributed by atoms with van der Waals surface area (Å²) >= 11 is 0. The van der Waals surface area contributed by atoms with Crippen LogP contribution >= 0.6 is 0 Å². The van der Waals surface area contributed by atoms with Crippen molar-refractivity contribution in [2.75, 3.05) is 0 Å². The van der Waals surface area contributed by atoms with Crippen LogP contribution in [0.2, 0.25) is 0 Å². The zero-order valence-corrected chi connectivity index (χ0v) is 14.1. The third-order valence-electron chi connectivity index (χ3n) is 5.76. The largest absolute Gasteiger partial charge is 0.0646 e. The number of allylic oxidation sites excluding steroid dienone is 1. The Balaban J connectivity index is 1.63. The molecule has 0 unspecified atom stereocenters. The molecule has 4 rings (SSSR count). The molecule has 0 saturated heterocycles. The quantitative estimate of drug-likeness (QED) is 0.595. The lowest BCUT2D eigenvalue weighted by atomic mass is 9.71. The van der Waals surface area contributed by atoms with Crippen LogP contribution in [0.5, 0.6) is 0 Å². The molecule has 1 saturated carbocycles. The van der Waals surface area contributed by atoms with E-state index in [4.69, 9.17) is 0 Å². The smallest absolute Gasteiger partial charge is 0.00574 e. The molecule has 2 aromatic carbocycles. The number of hydrogen-bond acceptors (Lipinski definition) is 0. The molecule has 2 aliphatic rings. The van der Waals surface area contributed by atoms with Crippen molar-refractivity contribution in [3.63, 3.8) is 0 Å². The maximum atomic E-state index is 2.51. The molecule has 0 radical (unpaired) electrons. The van der Waals surface area contributed by atoms with Gasteiger partial charge in [0.2, 0.25) is 0 Å². The van der Waals surface area contributed by atoms with Gasteiger partial charge in [0.05, 0.1) is 0 Å².